The minimum Gasteiger partial charge on any atom is -0.466 e. The summed E-state index contributed by atoms with van der Waals surface area (Å²) in [5, 5.41) is 9.19. The SMILES string of the molecule is CCOC(=O)CC1(C#N)C=CC=CC1C. The molecular formula is C12H15NO2. The molecule has 0 amide bonds. The van der Waals surface area contributed by atoms with Gasteiger partial charge in [-0.1, -0.05) is 31.2 Å². The summed E-state index contributed by atoms with van der Waals surface area (Å²) in [7, 11) is 0. The van der Waals surface area contributed by atoms with Gasteiger partial charge in [-0.25, -0.2) is 0 Å². The number of esters is 1. The van der Waals surface area contributed by atoms with Crippen LogP contribution in [0.1, 0.15) is 20.3 Å². The van der Waals surface area contributed by atoms with E-state index in [2.05, 4.69) is 6.07 Å². The van der Waals surface area contributed by atoms with Crippen molar-refractivity contribution in [1.29, 1.82) is 5.26 Å². The third-order valence-corrected chi connectivity index (χ3v) is 2.67. The van der Waals surface area contributed by atoms with E-state index in [-0.39, 0.29) is 18.3 Å². The zero-order valence-corrected chi connectivity index (χ0v) is 9.06. The van der Waals surface area contributed by atoms with Gasteiger partial charge in [-0.05, 0) is 12.8 Å². The fourth-order valence-corrected chi connectivity index (χ4v) is 1.63. The van der Waals surface area contributed by atoms with Gasteiger partial charge in [-0.15, -0.1) is 0 Å². The molecule has 15 heavy (non-hydrogen) atoms. The lowest BCUT2D eigenvalue weighted by molar-refractivity contribution is -0.144. The molecule has 0 aromatic heterocycles. The van der Waals surface area contributed by atoms with E-state index in [0.717, 1.165) is 0 Å². The normalized spacial score (nSPS) is 28.5. The first-order valence-corrected chi connectivity index (χ1v) is 5.07. The largest absolute Gasteiger partial charge is 0.466 e. The van der Waals surface area contributed by atoms with E-state index in [4.69, 9.17) is 4.74 Å². The summed E-state index contributed by atoms with van der Waals surface area (Å²) in [5.74, 6) is -0.275. The summed E-state index contributed by atoms with van der Waals surface area (Å²) in [6.45, 7) is 4.05. The summed E-state index contributed by atoms with van der Waals surface area (Å²) < 4.78 is 4.87. The summed E-state index contributed by atoms with van der Waals surface area (Å²) in [5.41, 5.74) is -0.735. The van der Waals surface area contributed by atoms with Gasteiger partial charge in [-0.3, -0.25) is 4.79 Å². The van der Waals surface area contributed by atoms with Gasteiger partial charge in [0, 0.05) is 0 Å². The van der Waals surface area contributed by atoms with Gasteiger partial charge in [0.05, 0.1) is 24.5 Å². The molecule has 3 nitrogen and oxygen atoms in total. The van der Waals surface area contributed by atoms with E-state index in [0.29, 0.717) is 6.61 Å². The topological polar surface area (TPSA) is 50.1 Å². The van der Waals surface area contributed by atoms with Gasteiger partial charge in [0.1, 0.15) is 0 Å². The van der Waals surface area contributed by atoms with Crippen molar-refractivity contribution in [2.75, 3.05) is 6.61 Å². The molecular weight excluding hydrogens is 190 g/mol. The van der Waals surface area contributed by atoms with E-state index in [1.807, 2.05) is 25.2 Å². The van der Waals surface area contributed by atoms with Crippen molar-refractivity contribution in [3.8, 4) is 6.07 Å². The number of hydrogen-bond donors (Lipinski definition) is 0. The number of ether oxygens (including phenoxy) is 1. The molecule has 2 unspecified atom stereocenters. The van der Waals surface area contributed by atoms with Crippen molar-refractivity contribution in [3.05, 3.63) is 24.3 Å². The standard InChI is InChI=1S/C12H15NO2/c1-3-15-11(14)8-12(9-13)7-5-4-6-10(12)2/h4-7,10H,3,8H2,1-2H3. The second kappa shape index (κ2) is 4.79. The molecule has 80 valence electrons. The predicted octanol–water partition coefficient (Wildman–Crippen LogP) is 2.21. The second-order valence-electron chi connectivity index (χ2n) is 3.67. The van der Waals surface area contributed by atoms with Crippen LogP contribution in [0.15, 0.2) is 24.3 Å². The summed E-state index contributed by atoms with van der Waals surface area (Å²) >= 11 is 0. The molecule has 0 aromatic carbocycles. The van der Waals surface area contributed by atoms with Crippen LogP contribution in [0.5, 0.6) is 0 Å². The Bertz CT molecular complexity index is 338. The maximum atomic E-state index is 11.4. The zero-order chi connectivity index (χ0) is 11.3. The van der Waals surface area contributed by atoms with Crippen LogP contribution in [0, 0.1) is 22.7 Å². The van der Waals surface area contributed by atoms with E-state index in [1.165, 1.54) is 0 Å². The lowest BCUT2D eigenvalue weighted by Crippen LogP contribution is -2.29. The van der Waals surface area contributed by atoms with Gasteiger partial charge in [0.25, 0.3) is 0 Å². The van der Waals surface area contributed by atoms with Crippen LogP contribution in [0.25, 0.3) is 0 Å². The Morgan fingerprint density at radius 2 is 2.33 bits per heavy atom. The minimum absolute atomic E-state index is 0.0388. The molecule has 1 aliphatic rings. The summed E-state index contributed by atoms with van der Waals surface area (Å²) in [4.78, 5) is 11.4. The average Bonchev–Trinajstić information content (AvgIpc) is 2.22. The van der Waals surface area contributed by atoms with Crippen molar-refractivity contribution in [1.82, 2.24) is 0 Å². The van der Waals surface area contributed by atoms with Crippen LogP contribution >= 0.6 is 0 Å². The van der Waals surface area contributed by atoms with E-state index < -0.39 is 5.41 Å². The molecule has 0 aromatic rings. The fourth-order valence-electron chi connectivity index (χ4n) is 1.63. The third kappa shape index (κ3) is 2.47. The van der Waals surface area contributed by atoms with Crippen molar-refractivity contribution in [3.63, 3.8) is 0 Å². The van der Waals surface area contributed by atoms with Crippen LogP contribution < -0.4 is 0 Å². The number of allylic oxidation sites excluding steroid dienone is 4. The van der Waals surface area contributed by atoms with Gasteiger partial charge in [0.15, 0.2) is 0 Å². The highest BCUT2D eigenvalue weighted by Gasteiger charge is 2.36. The smallest absolute Gasteiger partial charge is 0.307 e. The first-order valence-electron chi connectivity index (χ1n) is 5.07. The van der Waals surface area contributed by atoms with Crippen LogP contribution in [0.3, 0.4) is 0 Å². The highest BCUT2D eigenvalue weighted by Crippen LogP contribution is 2.36. The predicted molar refractivity (Wildman–Crippen MR) is 56.7 cm³/mol. The van der Waals surface area contributed by atoms with Crippen molar-refractivity contribution < 1.29 is 9.53 Å². The second-order valence-corrected chi connectivity index (χ2v) is 3.67. The molecule has 0 bridgehead atoms. The highest BCUT2D eigenvalue weighted by atomic mass is 16.5. The van der Waals surface area contributed by atoms with Crippen LogP contribution in [0.2, 0.25) is 0 Å². The molecule has 0 heterocycles. The molecule has 3 heteroatoms. The van der Waals surface area contributed by atoms with Gasteiger partial charge in [-0.2, -0.15) is 5.26 Å². The monoisotopic (exact) mass is 205 g/mol. The zero-order valence-electron chi connectivity index (χ0n) is 9.06. The third-order valence-electron chi connectivity index (χ3n) is 2.67. The molecule has 0 saturated heterocycles. The molecule has 2 atom stereocenters. The van der Waals surface area contributed by atoms with Crippen molar-refractivity contribution >= 4 is 5.97 Å². The maximum absolute atomic E-state index is 11.4. The van der Waals surface area contributed by atoms with Gasteiger partial charge >= 0.3 is 5.97 Å². The van der Waals surface area contributed by atoms with Crippen LogP contribution in [-0.2, 0) is 9.53 Å². The van der Waals surface area contributed by atoms with Crippen molar-refractivity contribution in [2.24, 2.45) is 11.3 Å². The first kappa shape index (κ1) is 11.5. The molecule has 1 rings (SSSR count). The quantitative estimate of drug-likeness (QED) is 0.664. The minimum atomic E-state index is -0.735. The van der Waals surface area contributed by atoms with Gasteiger partial charge < -0.3 is 4.74 Å². The summed E-state index contributed by atoms with van der Waals surface area (Å²) in [6.07, 6.45) is 7.55. The highest BCUT2D eigenvalue weighted by molar-refractivity contribution is 5.71. The Labute approximate surface area is 90.0 Å². The van der Waals surface area contributed by atoms with Crippen molar-refractivity contribution in [2.45, 2.75) is 20.3 Å². The Balaban J connectivity index is 2.78. The molecule has 0 spiro atoms. The Morgan fingerprint density at radius 1 is 1.60 bits per heavy atom. The number of rotatable bonds is 3. The maximum Gasteiger partial charge on any atom is 0.307 e. The number of nitrogens with zero attached hydrogens (tertiary/aromatic N) is 1. The van der Waals surface area contributed by atoms with E-state index in [1.54, 1.807) is 13.0 Å². The number of carbonyl (C=O) groups excluding carboxylic acids is 1. The average molecular weight is 205 g/mol. The number of hydrogen-bond acceptors (Lipinski definition) is 3. The fraction of sp³-hybridized carbons (Fsp3) is 0.500. The Kier molecular flexibility index (Phi) is 3.68. The lowest BCUT2D eigenvalue weighted by Gasteiger charge is -2.28. The molecule has 0 fully saturated rings. The Morgan fingerprint density at radius 3 is 2.87 bits per heavy atom. The number of nitriles is 1. The van der Waals surface area contributed by atoms with Gasteiger partial charge in [0.2, 0.25) is 0 Å². The molecule has 0 radical (unpaired) electrons. The van der Waals surface area contributed by atoms with E-state index >= 15 is 0 Å². The van der Waals surface area contributed by atoms with Crippen LogP contribution in [-0.4, -0.2) is 12.6 Å². The molecule has 0 aliphatic heterocycles. The van der Waals surface area contributed by atoms with E-state index in [9.17, 15) is 10.1 Å². The molecule has 0 saturated carbocycles. The molecule has 1 aliphatic carbocycles. The summed E-state index contributed by atoms with van der Waals surface area (Å²) in [6, 6.07) is 2.22. The molecule has 0 N–H and O–H groups in total. The Hall–Kier alpha value is -1.56. The lowest BCUT2D eigenvalue weighted by atomic mass is 9.72. The number of carbonyl (C=O) groups is 1. The first-order chi connectivity index (χ1) is 7.14. The van der Waals surface area contributed by atoms with Crippen LogP contribution in [0.4, 0.5) is 0 Å².